The van der Waals surface area contributed by atoms with Crippen molar-refractivity contribution in [1.29, 1.82) is 0 Å². The third-order valence-corrected chi connectivity index (χ3v) is 3.61. The predicted molar refractivity (Wildman–Crippen MR) is 71.1 cm³/mol. The molecule has 118 valence electrons. The molecule has 0 saturated carbocycles. The summed E-state index contributed by atoms with van der Waals surface area (Å²) in [5.74, 6) is -0.678. The molecule has 2 N–H and O–H groups in total. The fraction of sp³-hybridized carbons (Fsp3) is 1.00. The van der Waals surface area contributed by atoms with Crippen LogP contribution in [0, 0.1) is 0 Å². The maximum Gasteiger partial charge on any atom is 0.190 e. The van der Waals surface area contributed by atoms with Crippen LogP contribution in [0.15, 0.2) is 0 Å². The van der Waals surface area contributed by atoms with Gasteiger partial charge >= 0.3 is 0 Å². The molecule has 2 aliphatic rings. The van der Waals surface area contributed by atoms with Crippen LogP contribution >= 0.6 is 0 Å². The lowest BCUT2D eigenvalue weighted by Gasteiger charge is -2.26. The topological polar surface area (TPSA) is 77.4 Å². The molecule has 2 rings (SSSR count). The number of fused-ring (bicyclic) bond motifs is 1. The van der Waals surface area contributed by atoms with Crippen molar-refractivity contribution in [2.45, 2.75) is 76.5 Å². The Morgan fingerprint density at radius 2 is 2.05 bits per heavy atom. The summed E-state index contributed by atoms with van der Waals surface area (Å²) in [6.07, 6.45) is 0.180. The van der Waals surface area contributed by atoms with Gasteiger partial charge in [0.25, 0.3) is 0 Å². The van der Waals surface area contributed by atoms with Gasteiger partial charge < -0.3 is 29.2 Å². The summed E-state index contributed by atoms with van der Waals surface area (Å²) in [5, 5.41) is 18.6. The second kappa shape index (κ2) is 6.68. The zero-order chi connectivity index (χ0) is 14.8. The van der Waals surface area contributed by atoms with Crippen LogP contribution in [0.2, 0.25) is 0 Å². The number of unbranched alkanes of at least 4 members (excludes halogenated alkanes) is 1. The average molecular weight is 290 g/mol. The third-order valence-electron chi connectivity index (χ3n) is 3.61. The molecule has 0 radical (unpaired) electrons. The molecule has 2 aliphatic heterocycles. The Morgan fingerprint density at radius 3 is 2.70 bits per heavy atom. The lowest BCUT2D eigenvalue weighted by Crippen LogP contribution is -2.39. The lowest BCUT2D eigenvalue weighted by atomic mass is 10.0. The molecule has 0 bridgehead atoms. The molecule has 0 aromatic heterocycles. The van der Waals surface area contributed by atoms with E-state index in [1.165, 1.54) is 0 Å². The Kier molecular flexibility index (Phi) is 5.39. The van der Waals surface area contributed by atoms with Crippen LogP contribution in [0.25, 0.3) is 0 Å². The highest BCUT2D eigenvalue weighted by Crippen LogP contribution is 2.39. The number of rotatable bonds is 7. The molecule has 20 heavy (non-hydrogen) atoms. The Balaban J connectivity index is 1.98. The molecule has 6 heteroatoms. The fourth-order valence-electron chi connectivity index (χ4n) is 2.64. The number of hydrogen-bond donors (Lipinski definition) is 2. The molecule has 0 aromatic rings. The zero-order valence-corrected chi connectivity index (χ0v) is 12.4. The molecule has 2 fully saturated rings. The highest BCUT2D eigenvalue weighted by molar-refractivity contribution is 4.94. The molecule has 2 heterocycles. The van der Waals surface area contributed by atoms with Gasteiger partial charge in [0.1, 0.15) is 12.2 Å². The Labute approximate surface area is 120 Å². The number of hydrogen-bond acceptors (Lipinski definition) is 6. The Morgan fingerprint density at radius 1 is 1.30 bits per heavy atom. The van der Waals surface area contributed by atoms with Crippen LogP contribution in [0.1, 0.15) is 40.0 Å². The summed E-state index contributed by atoms with van der Waals surface area (Å²) in [6, 6.07) is 0. The summed E-state index contributed by atoms with van der Waals surface area (Å²) < 4.78 is 23.2. The van der Waals surface area contributed by atoms with Gasteiger partial charge in [0.15, 0.2) is 12.1 Å². The van der Waals surface area contributed by atoms with E-state index in [9.17, 15) is 5.11 Å². The van der Waals surface area contributed by atoms with Crippen LogP contribution < -0.4 is 0 Å². The Bertz CT molecular complexity index is 308. The number of aliphatic hydroxyl groups excluding tert-OH is 2. The van der Waals surface area contributed by atoms with E-state index in [4.69, 9.17) is 24.1 Å². The quantitative estimate of drug-likeness (QED) is 0.675. The first-order valence-electron chi connectivity index (χ1n) is 7.38. The van der Waals surface area contributed by atoms with Crippen molar-refractivity contribution in [3.05, 3.63) is 0 Å². The first kappa shape index (κ1) is 16.1. The van der Waals surface area contributed by atoms with Gasteiger partial charge in [0.05, 0.1) is 18.8 Å². The van der Waals surface area contributed by atoms with Crippen LogP contribution in [0.3, 0.4) is 0 Å². The summed E-state index contributed by atoms with van der Waals surface area (Å²) in [6.45, 7) is 6.13. The second-order valence-electron chi connectivity index (χ2n) is 5.90. The summed E-state index contributed by atoms with van der Waals surface area (Å²) in [7, 11) is 0. The normalized spacial score (nSPS) is 37.0. The van der Waals surface area contributed by atoms with Crippen LogP contribution in [0.5, 0.6) is 0 Å². The summed E-state index contributed by atoms with van der Waals surface area (Å²) in [5.41, 5.74) is 0. The Hall–Kier alpha value is -0.240. The van der Waals surface area contributed by atoms with Gasteiger partial charge in [-0.3, -0.25) is 0 Å². The lowest BCUT2D eigenvalue weighted by molar-refractivity contribution is -0.221. The van der Waals surface area contributed by atoms with Crippen molar-refractivity contribution < 1.29 is 29.2 Å². The van der Waals surface area contributed by atoms with Crippen molar-refractivity contribution >= 4 is 0 Å². The molecule has 1 unspecified atom stereocenters. The number of aliphatic hydroxyl groups is 2. The smallest absolute Gasteiger partial charge is 0.190 e. The predicted octanol–water partition coefficient (Wildman–Crippen LogP) is 0.791. The van der Waals surface area contributed by atoms with Crippen LogP contribution in [0.4, 0.5) is 0 Å². The van der Waals surface area contributed by atoms with Crippen molar-refractivity contribution in [3.63, 3.8) is 0 Å². The molecule has 0 aliphatic carbocycles. The second-order valence-corrected chi connectivity index (χ2v) is 5.90. The van der Waals surface area contributed by atoms with Gasteiger partial charge in [-0.2, -0.15) is 0 Å². The fourth-order valence-corrected chi connectivity index (χ4v) is 2.64. The minimum Gasteiger partial charge on any atom is -0.394 e. The SMILES string of the molecule is CCCCO[C@@H]1[C@H]2OC(C)(C)O[C@H]2O[C@@H]1CC(O)CO. The van der Waals surface area contributed by atoms with E-state index < -0.39 is 18.2 Å². The van der Waals surface area contributed by atoms with Crippen molar-refractivity contribution in [2.75, 3.05) is 13.2 Å². The first-order valence-corrected chi connectivity index (χ1v) is 7.38. The maximum absolute atomic E-state index is 9.61. The molecule has 0 aromatic carbocycles. The average Bonchev–Trinajstić information content (AvgIpc) is 2.82. The molecular formula is C14H26O6. The van der Waals surface area contributed by atoms with E-state index >= 15 is 0 Å². The van der Waals surface area contributed by atoms with Gasteiger partial charge in [-0.1, -0.05) is 13.3 Å². The van der Waals surface area contributed by atoms with Gasteiger partial charge in [-0.25, -0.2) is 0 Å². The highest BCUT2D eigenvalue weighted by atomic mass is 16.8. The van der Waals surface area contributed by atoms with E-state index in [2.05, 4.69) is 6.92 Å². The van der Waals surface area contributed by atoms with Crippen LogP contribution in [-0.4, -0.2) is 59.9 Å². The first-order chi connectivity index (χ1) is 9.46. The molecule has 0 amide bonds. The van der Waals surface area contributed by atoms with Gasteiger partial charge in [-0.05, 0) is 20.3 Å². The van der Waals surface area contributed by atoms with Crippen molar-refractivity contribution in [2.24, 2.45) is 0 Å². The van der Waals surface area contributed by atoms with E-state index in [-0.39, 0.29) is 24.9 Å². The van der Waals surface area contributed by atoms with E-state index in [1.807, 2.05) is 13.8 Å². The molecule has 2 saturated heterocycles. The standard InChI is InChI=1S/C14H26O6/c1-4-5-6-17-11-10(7-9(16)8-15)18-13-12(11)19-14(2,3)20-13/h9-13,15-16H,4-8H2,1-3H3/t9?,10-,11+,12-,13-/m1/s1. The number of ether oxygens (including phenoxy) is 4. The van der Waals surface area contributed by atoms with E-state index in [0.29, 0.717) is 13.0 Å². The summed E-state index contributed by atoms with van der Waals surface area (Å²) >= 11 is 0. The van der Waals surface area contributed by atoms with E-state index in [1.54, 1.807) is 0 Å². The molecular weight excluding hydrogens is 264 g/mol. The minimum atomic E-state index is -0.816. The van der Waals surface area contributed by atoms with Crippen LogP contribution in [-0.2, 0) is 18.9 Å². The zero-order valence-electron chi connectivity index (χ0n) is 12.4. The monoisotopic (exact) mass is 290 g/mol. The summed E-state index contributed by atoms with van der Waals surface area (Å²) in [4.78, 5) is 0. The molecule has 6 nitrogen and oxygen atoms in total. The van der Waals surface area contributed by atoms with Gasteiger partial charge in [0.2, 0.25) is 0 Å². The van der Waals surface area contributed by atoms with Gasteiger partial charge in [-0.15, -0.1) is 0 Å². The maximum atomic E-state index is 9.61. The largest absolute Gasteiger partial charge is 0.394 e. The molecule has 5 atom stereocenters. The third kappa shape index (κ3) is 3.69. The minimum absolute atomic E-state index is 0.269. The highest BCUT2D eigenvalue weighted by Gasteiger charge is 2.55. The van der Waals surface area contributed by atoms with Crippen molar-refractivity contribution in [1.82, 2.24) is 0 Å². The molecule has 0 spiro atoms. The van der Waals surface area contributed by atoms with Crippen molar-refractivity contribution in [3.8, 4) is 0 Å². The van der Waals surface area contributed by atoms with Gasteiger partial charge in [0, 0.05) is 13.0 Å². The van der Waals surface area contributed by atoms with E-state index in [0.717, 1.165) is 12.8 Å².